The van der Waals surface area contributed by atoms with Gasteiger partial charge in [0, 0.05) is 28.1 Å². The van der Waals surface area contributed by atoms with E-state index >= 15 is 0 Å². The summed E-state index contributed by atoms with van der Waals surface area (Å²) in [7, 11) is 0. The Bertz CT molecular complexity index is 1430. The topological polar surface area (TPSA) is 16.1 Å². The van der Waals surface area contributed by atoms with Crippen LogP contribution < -0.4 is 4.90 Å². The summed E-state index contributed by atoms with van der Waals surface area (Å²) in [4.78, 5) is 7.11. The molecule has 3 heterocycles. The molecule has 7 rings (SSSR count). The van der Waals surface area contributed by atoms with Crippen LogP contribution in [0, 0.1) is 0 Å². The van der Waals surface area contributed by atoms with E-state index in [1.54, 1.807) is 0 Å². The number of hydrogen-bond acceptors (Lipinski definition) is 2. The molecule has 5 aromatic rings. The maximum absolute atomic E-state index is 4.67. The van der Waals surface area contributed by atoms with E-state index in [0.29, 0.717) is 0 Å². The highest BCUT2D eigenvalue weighted by Gasteiger charge is 2.33. The number of pyridine rings is 1. The fourth-order valence-corrected chi connectivity index (χ4v) is 4.90. The van der Waals surface area contributed by atoms with Crippen molar-refractivity contribution in [2.45, 2.75) is 0 Å². The Balaban J connectivity index is 1.81. The predicted octanol–water partition coefficient (Wildman–Crippen LogP) is 6.82. The van der Waals surface area contributed by atoms with E-state index in [2.05, 4.69) is 88.7 Å². The highest BCUT2D eigenvalue weighted by molar-refractivity contribution is 6.23. The number of anilines is 3. The van der Waals surface area contributed by atoms with Crippen molar-refractivity contribution in [1.29, 1.82) is 0 Å². The van der Waals surface area contributed by atoms with Gasteiger partial charge in [-0.2, -0.15) is 0 Å². The summed E-state index contributed by atoms with van der Waals surface area (Å²) in [6, 6.07) is 28.5. The summed E-state index contributed by atoms with van der Waals surface area (Å²) in [5.74, 6) is 0. The number of fused-ring (bicyclic) bond motifs is 5. The van der Waals surface area contributed by atoms with E-state index in [9.17, 15) is 0 Å². The third-order valence-corrected chi connectivity index (χ3v) is 5.95. The molecule has 0 N–H and O–H groups in total. The zero-order chi connectivity index (χ0) is 17.5. The molecule has 124 valence electrons. The summed E-state index contributed by atoms with van der Waals surface area (Å²) < 4.78 is 0. The monoisotopic (exact) mass is 342 g/mol. The molecular formula is C25H14N2. The van der Waals surface area contributed by atoms with Gasteiger partial charge in [-0.3, -0.25) is 4.98 Å². The number of rotatable bonds is 0. The fourth-order valence-electron chi connectivity index (χ4n) is 4.90. The summed E-state index contributed by atoms with van der Waals surface area (Å²) in [6.45, 7) is 0. The van der Waals surface area contributed by atoms with Crippen LogP contribution in [0.2, 0.25) is 0 Å². The van der Waals surface area contributed by atoms with Crippen LogP contribution in [0.1, 0.15) is 0 Å². The lowest BCUT2D eigenvalue weighted by atomic mass is 9.84. The number of para-hydroxylation sites is 1. The smallest absolute Gasteiger partial charge is 0.0729 e. The van der Waals surface area contributed by atoms with Crippen molar-refractivity contribution < 1.29 is 0 Å². The number of nitrogens with zero attached hydrogens (tertiary/aromatic N) is 2. The van der Waals surface area contributed by atoms with Crippen LogP contribution in [0.4, 0.5) is 17.1 Å². The first-order chi connectivity index (χ1) is 13.4. The van der Waals surface area contributed by atoms with Crippen LogP contribution in [0.25, 0.3) is 43.9 Å². The Morgan fingerprint density at radius 3 is 2.30 bits per heavy atom. The zero-order valence-electron chi connectivity index (χ0n) is 14.5. The Hall–Kier alpha value is -3.65. The first-order valence-corrected chi connectivity index (χ1v) is 9.25. The first kappa shape index (κ1) is 13.5. The summed E-state index contributed by atoms with van der Waals surface area (Å²) in [5.41, 5.74) is 9.96. The molecule has 0 unspecified atom stereocenters. The Morgan fingerprint density at radius 2 is 1.33 bits per heavy atom. The second-order valence-corrected chi connectivity index (χ2v) is 7.25. The normalized spacial score (nSPS) is 13.1. The standard InChI is InChI=1S/C25H14N2/c1-2-9-21-16(7-1)18-13-14-26-20-12-11-19-17-8-3-5-15-6-4-10-22(23(15)17)27(21)25(19)24(18)20/h1-14H. The van der Waals surface area contributed by atoms with Gasteiger partial charge in [-0.1, -0.05) is 54.6 Å². The van der Waals surface area contributed by atoms with Gasteiger partial charge in [0.1, 0.15) is 0 Å². The maximum Gasteiger partial charge on any atom is 0.0729 e. The van der Waals surface area contributed by atoms with Crippen molar-refractivity contribution in [3.8, 4) is 22.3 Å². The van der Waals surface area contributed by atoms with Gasteiger partial charge in [-0.25, -0.2) is 0 Å². The first-order valence-electron chi connectivity index (χ1n) is 9.25. The molecule has 0 radical (unpaired) electrons. The fraction of sp³-hybridized carbons (Fsp3) is 0. The van der Waals surface area contributed by atoms with Gasteiger partial charge < -0.3 is 4.90 Å². The lowest BCUT2D eigenvalue weighted by molar-refractivity contribution is 1.27. The quantitative estimate of drug-likeness (QED) is 0.301. The molecule has 0 atom stereocenters. The average Bonchev–Trinajstić information content (AvgIpc) is 2.74. The van der Waals surface area contributed by atoms with Crippen LogP contribution in [-0.2, 0) is 0 Å². The summed E-state index contributed by atoms with van der Waals surface area (Å²) in [6.07, 6.45) is 1.92. The highest BCUT2D eigenvalue weighted by Crippen LogP contribution is 2.58. The average molecular weight is 342 g/mol. The van der Waals surface area contributed by atoms with Crippen molar-refractivity contribution in [3.05, 3.63) is 85.1 Å². The van der Waals surface area contributed by atoms with E-state index in [1.165, 1.54) is 55.5 Å². The van der Waals surface area contributed by atoms with E-state index in [4.69, 9.17) is 0 Å². The molecule has 4 aromatic carbocycles. The summed E-state index contributed by atoms with van der Waals surface area (Å²) >= 11 is 0. The van der Waals surface area contributed by atoms with Gasteiger partial charge in [-0.15, -0.1) is 0 Å². The molecule has 0 fully saturated rings. The number of hydrogen-bond donors (Lipinski definition) is 0. The minimum Gasteiger partial charge on any atom is -0.308 e. The van der Waals surface area contributed by atoms with E-state index < -0.39 is 0 Å². The lowest BCUT2D eigenvalue weighted by Gasteiger charge is -2.38. The van der Waals surface area contributed by atoms with E-state index in [1.807, 2.05) is 6.20 Å². The largest absolute Gasteiger partial charge is 0.308 e. The molecular weight excluding hydrogens is 328 g/mol. The molecule has 1 aromatic heterocycles. The van der Waals surface area contributed by atoms with Gasteiger partial charge in [0.15, 0.2) is 0 Å². The van der Waals surface area contributed by atoms with Gasteiger partial charge in [0.05, 0.1) is 22.6 Å². The molecule has 0 saturated carbocycles. The van der Waals surface area contributed by atoms with Crippen LogP contribution in [0.5, 0.6) is 0 Å². The van der Waals surface area contributed by atoms with Crippen LogP contribution in [-0.4, -0.2) is 4.98 Å². The third kappa shape index (κ3) is 1.51. The van der Waals surface area contributed by atoms with E-state index in [-0.39, 0.29) is 0 Å². The molecule has 0 bridgehead atoms. The van der Waals surface area contributed by atoms with Crippen molar-refractivity contribution in [1.82, 2.24) is 4.98 Å². The molecule has 2 aliphatic heterocycles. The second-order valence-electron chi connectivity index (χ2n) is 7.25. The van der Waals surface area contributed by atoms with Crippen LogP contribution >= 0.6 is 0 Å². The minimum atomic E-state index is 1.05. The van der Waals surface area contributed by atoms with Gasteiger partial charge >= 0.3 is 0 Å². The number of aromatic nitrogens is 1. The third-order valence-electron chi connectivity index (χ3n) is 5.95. The van der Waals surface area contributed by atoms with Gasteiger partial charge in [-0.05, 0) is 40.8 Å². The molecule has 2 nitrogen and oxygen atoms in total. The molecule has 27 heavy (non-hydrogen) atoms. The SMILES string of the molecule is c1ccc2c(c1)-c1ccnc3ccc4c(c13)N2c1cccc2cccc-4c12. The van der Waals surface area contributed by atoms with Gasteiger partial charge in [0.2, 0.25) is 0 Å². The van der Waals surface area contributed by atoms with Crippen LogP contribution in [0.15, 0.2) is 85.1 Å². The predicted molar refractivity (Wildman–Crippen MR) is 112 cm³/mol. The molecule has 0 spiro atoms. The molecule has 2 heteroatoms. The Morgan fingerprint density at radius 1 is 0.556 bits per heavy atom. The van der Waals surface area contributed by atoms with Crippen molar-refractivity contribution in [3.63, 3.8) is 0 Å². The molecule has 2 aliphatic rings. The number of benzene rings is 4. The molecule has 0 amide bonds. The van der Waals surface area contributed by atoms with Crippen molar-refractivity contribution in [2.24, 2.45) is 0 Å². The molecule has 0 aliphatic carbocycles. The highest BCUT2D eigenvalue weighted by atomic mass is 15.2. The second kappa shape index (κ2) is 4.54. The van der Waals surface area contributed by atoms with Crippen molar-refractivity contribution >= 4 is 38.7 Å². The lowest BCUT2D eigenvalue weighted by Crippen LogP contribution is -2.19. The maximum atomic E-state index is 4.67. The van der Waals surface area contributed by atoms with Gasteiger partial charge in [0.25, 0.3) is 0 Å². The van der Waals surface area contributed by atoms with Crippen LogP contribution in [0.3, 0.4) is 0 Å². The van der Waals surface area contributed by atoms with E-state index in [0.717, 1.165) is 5.52 Å². The van der Waals surface area contributed by atoms with Crippen molar-refractivity contribution in [2.75, 3.05) is 4.90 Å². The Kier molecular flexibility index (Phi) is 2.28. The minimum absolute atomic E-state index is 1.05. The zero-order valence-corrected chi connectivity index (χ0v) is 14.5. The Labute approximate surface area is 156 Å². The summed E-state index contributed by atoms with van der Waals surface area (Å²) in [5, 5.41) is 3.86. The molecule has 0 saturated heterocycles.